The Morgan fingerprint density at radius 2 is 2.00 bits per heavy atom. The van der Waals surface area contributed by atoms with Crippen LogP contribution < -0.4 is 0 Å². The highest BCUT2D eigenvalue weighted by atomic mass is 35.5. The Morgan fingerprint density at radius 3 is 2.58 bits per heavy atom. The van der Waals surface area contributed by atoms with Crippen LogP contribution in [0.2, 0.25) is 5.02 Å². The van der Waals surface area contributed by atoms with Crippen molar-refractivity contribution in [2.24, 2.45) is 0 Å². The largest absolute Gasteiger partial charge is 0.443 e. The van der Waals surface area contributed by atoms with Gasteiger partial charge < -0.3 is 4.74 Å². The van der Waals surface area contributed by atoms with Gasteiger partial charge in [-0.25, -0.2) is 9.18 Å². The van der Waals surface area contributed by atoms with Gasteiger partial charge in [0.05, 0.1) is 10.5 Å². The SMILES string of the molecule is Cc1cn(C(=O)OC(C)(C)C)c2cc(Cl)c(F)cc12. The summed E-state index contributed by atoms with van der Waals surface area (Å²) in [4.78, 5) is 12.1. The van der Waals surface area contributed by atoms with Gasteiger partial charge in [0.2, 0.25) is 0 Å². The van der Waals surface area contributed by atoms with Crippen LogP contribution in [-0.2, 0) is 4.74 Å². The molecule has 0 spiro atoms. The third-order valence-electron chi connectivity index (χ3n) is 2.64. The summed E-state index contributed by atoms with van der Waals surface area (Å²) in [6, 6.07) is 2.76. The molecule has 0 amide bonds. The molecular weight excluding hydrogens is 269 g/mol. The topological polar surface area (TPSA) is 31.2 Å². The second-order valence-electron chi connectivity index (χ2n) is 5.45. The Hall–Kier alpha value is -1.55. The molecule has 0 N–H and O–H groups in total. The van der Waals surface area contributed by atoms with Crippen molar-refractivity contribution < 1.29 is 13.9 Å². The molecule has 3 nitrogen and oxygen atoms in total. The lowest BCUT2D eigenvalue weighted by Crippen LogP contribution is -2.26. The highest BCUT2D eigenvalue weighted by Crippen LogP contribution is 2.27. The average molecular weight is 284 g/mol. The number of aromatic nitrogens is 1. The van der Waals surface area contributed by atoms with E-state index in [1.54, 1.807) is 33.9 Å². The number of ether oxygens (including phenoxy) is 1. The number of hydrogen-bond acceptors (Lipinski definition) is 2. The normalized spacial score (nSPS) is 11.9. The van der Waals surface area contributed by atoms with Crippen molar-refractivity contribution in [3.63, 3.8) is 0 Å². The zero-order chi connectivity index (χ0) is 14.4. The molecule has 0 aliphatic rings. The van der Waals surface area contributed by atoms with E-state index in [-0.39, 0.29) is 5.02 Å². The maximum Gasteiger partial charge on any atom is 0.419 e. The Kier molecular flexibility index (Phi) is 3.31. The second-order valence-corrected chi connectivity index (χ2v) is 5.85. The van der Waals surface area contributed by atoms with Gasteiger partial charge in [-0.05, 0) is 45.4 Å². The summed E-state index contributed by atoms with van der Waals surface area (Å²) in [7, 11) is 0. The fourth-order valence-corrected chi connectivity index (χ4v) is 2.00. The van der Waals surface area contributed by atoms with Crippen LogP contribution in [0.4, 0.5) is 9.18 Å². The van der Waals surface area contributed by atoms with Gasteiger partial charge in [-0.2, -0.15) is 0 Å². The molecule has 1 aromatic heterocycles. The van der Waals surface area contributed by atoms with Gasteiger partial charge in [0.25, 0.3) is 0 Å². The number of halogens is 2. The summed E-state index contributed by atoms with van der Waals surface area (Å²) in [6.07, 6.45) is 1.11. The first-order valence-electron chi connectivity index (χ1n) is 5.89. The van der Waals surface area contributed by atoms with Crippen molar-refractivity contribution in [1.29, 1.82) is 0 Å². The molecular formula is C14H15ClFNO2. The molecule has 2 rings (SSSR count). The molecule has 19 heavy (non-hydrogen) atoms. The average Bonchev–Trinajstić information content (AvgIpc) is 2.55. The lowest BCUT2D eigenvalue weighted by atomic mass is 10.2. The van der Waals surface area contributed by atoms with Gasteiger partial charge in [0, 0.05) is 11.6 Å². The third-order valence-corrected chi connectivity index (χ3v) is 2.93. The Bertz CT molecular complexity index is 655. The molecule has 102 valence electrons. The van der Waals surface area contributed by atoms with E-state index in [0.717, 1.165) is 5.56 Å². The van der Waals surface area contributed by atoms with Crippen LogP contribution in [0.3, 0.4) is 0 Å². The summed E-state index contributed by atoms with van der Waals surface area (Å²) in [6.45, 7) is 7.17. The van der Waals surface area contributed by atoms with Crippen molar-refractivity contribution >= 4 is 28.6 Å². The molecule has 0 radical (unpaired) electrons. The molecule has 1 aromatic carbocycles. The molecule has 0 saturated heterocycles. The van der Waals surface area contributed by atoms with Crippen molar-refractivity contribution in [3.8, 4) is 0 Å². The lowest BCUT2D eigenvalue weighted by molar-refractivity contribution is 0.0544. The molecule has 0 aliphatic carbocycles. The lowest BCUT2D eigenvalue weighted by Gasteiger charge is -2.19. The van der Waals surface area contributed by atoms with Gasteiger partial charge in [-0.3, -0.25) is 4.57 Å². The van der Waals surface area contributed by atoms with Crippen LogP contribution >= 0.6 is 11.6 Å². The van der Waals surface area contributed by atoms with Crippen molar-refractivity contribution in [2.45, 2.75) is 33.3 Å². The van der Waals surface area contributed by atoms with Crippen LogP contribution in [0.1, 0.15) is 26.3 Å². The number of benzene rings is 1. The number of carbonyl (C=O) groups is 1. The number of aryl methyl sites for hydroxylation is 1. The first-order chi connectivity index (χ1) is 8.69. The maximum absolute atomic E-state index is 13.5. The monoisotopic (exact) mass is 283 g/mol. The number of nitrogens with zero attached hydrogens (tertiary/aromatic N) is 1. The summed E-state index contributed by atoms with van der Waals surface area (Å²) in [5.74, 6) is -0.501. The summed E-state index contributed by atoms with van der Waals surface area (Å²) < 4.78 is 20.1. The zero-order valence-electron chi connectivity index (χ0n) is 11.3. The van der Waals surface area contributed by atoms with Crippen LogP contribution in [0.25, 0.3) is 10.9 Å². The van der Waals surface area contributed by atoms with E-state index >= 15 is 0 Å². The fourth-order valence-electron chi connectivity index (χ4n) is 1.85. The fraction of sp³-hybridized carbons (Fsp3) is 0.357. The maximum atomic E-state index is 13.5. The minimum Gasteiger partial charge on any atom is -0.443 e. The third kappa shape index (κ3) is 2.73. The van der Waals surface area contributed by atoms with Gasteiger partial charge in [-0.15, -0.1) is 0 Å². The molecule has 1 heterocycles. The van der Waals surface area contributed by atoms with Crippen LogP contribution in [-0.4, -0.2) is 16.3 Å². The molecule has 0 bridgehead atoms. The van der Waals surface area contributed by atoms with Gasteiger partial charge in [0.1, 0.15) is 11.4 Å². The minimum absolute atomic E-state index is 0.0181. The summed E-state index contributed by atoms with van der Waals surface area (Å²) >= 11 is 5.77. The van der Waals surface area contributed by atoms with E-state index in [9.17, 15) is 9.18 Å². The van der Waals surface area contributed by atoms with Crippen LogP contribution in [0.5, 0.6) is 0 Å². The molecule has 0 atom stereocenters. The number of rotatable bonds is 0. The zero-order valence-corrected chi connectivity index (χ0v) is 12.0. The van der Waals surface area contributed by atoms with Gasteiger partial charge in [0.15, 0.2) is 0 Å². The van der Waals surface area contributed by atoms with Crippen molar-refractivity contribution in [3.05, 3.63) is 34.7 Å². The number of hydrogen-bond donors (Lipinski definition) is 0. The first-order valence-corrected chi connectivity index (χ1v) is 6.27. The molecule has 0 saturated carbocycles. The van der Waals surface area contributed by atoms with Gasteiger partial charge in [-0.1, -0.05) is 11.6 Å². The highest BCUT2D eigenvalue weighted by molar-refractivity contribution is 6.31. The van der Waals surface area contributed by atoms with Crippen LogP contribution in [0.15, 0.2) is 18.3 Å². The van der Waals surface area contributed by atoms with Crippen molar-refractivity contribution in [2.75, 3.05) is 0 Å². The van der Waals surface area contributed by atoms with E-state index in [1.165, 1.54) is 16.7 Å². The smallest absolute Gasteiger partial charge is 0.419 e. The Balaban J connectivity index is 2.56. The van der Waals surface area contributed by atoms with Crippen LogP contribution in [0, 0.1) is 12.7 Å². The quantitative estimate of drug-likeness (QED) is 0.711. The molecule has 0 fully saturated rings. The highest BCUT2D eigenvalue weighted by Gasteiger charge is 2.20. The van der Waals surface area contributed by atoms with Crippen molar-refractivity contribution in [1.82, 2.24) is 4.57 Å². The van der Waals surface area contributed by atoms with E-state index in [4.69, 9.17) is 16.3 Å². The number of carbonyl (C=O) groups excluding carboxylic acids is 1. The number of fused-ring (bicyclic) bond motifs is 1. The predicted molar refractivity (Wildman–Crippen MR) is 73.3 cm³/mol. The summed E-state index contributed by atoms with van der Waals surface area (Å²) in [5.41, 5.74) is 0.736. The second kappa shape index (κ2) is 4.53. The van der Waals surface area contributed by atoms with E-state index in [2.05, 4.69) is 0 Å². The molecule has 0 aliphatic heterocycles. The molecule has 0 unspecified atom stereocenters. The van der Waals surface area contributed by atoms with E-state index in [0.29, 0.717) is 10.9 Å². The van der Waals surface area contributed by atoms with Gasteiger partial charge >= 0.3 is 6.09 Å². The minimum atomic E-state index is -0.592. The molecule has 2 aromatic rings. The Morgan fingerprint density at radius 1 is 1.37 bits per heavy atom. The predicted octanol–water partition coefficient (Wildman–Crippen LogP) is 4.53. The first kappa shape index (κ1) is 13.9. The molecule has 5 heteroatoms. The standard InChI is InChI=1S/C14H15ClFNO2/c1-8-7-17(13(18)19-14(2,3)4)12-6-10(15)11(16)5-9(8)12/h5-7H,1-4H3. The Labute approximate surface area is 115 Å². The van der Waals surface area contributed by atoms with E-state index in [1.807, 2.05) is 0 Å². The summed E-state index contributed by atoms with van der Waals surface area (Å²) in [5, 5.41) is 0.628. The van der Waals surface area contributed by atoms with E-state index < -0.39 is 17.5 Å².